The number of methoxy groups -OCH3 is 1. The summed E-state index contributed by atoms with van der Waals surface area (Å²) in [4.78, 5) is 16.8. The number of piperidine rings is 1. The molecular formula is C24H33N7O3S. The largest absolute Gasteiger partial charge is 0.495 e. The number of nitrogens with zero attached hydrogens (tertiary/aromatic N) is 4. The summed E-state index contributed by atoms with van der Waals surface area (Å²) in [6.45, 7) is 1.08. The molecule has 0 spiro atoms. The van der Waals surface area contributed by atoms with Crippen LogP contribution in [0.3, 0.4) is 0 Å². The third kappa shape index (κ3) is 5.35. The van der Waals surface area contributed by atoms with Crippen molar-refractivity contribution in [1.29, 1.82) is 0 Å². The molecule has 35 heavy (non-hydrogen) atoms. The fourth-order valence-electron chi connectivity index (χ4n) is 5.14. The van der Waals surface area contributed by atoms with Crippen molar-refractivity contribution < 1.29 is 13.2 Å². The monoisotopic (exact) mass is 499 g/mol. The van der Waals surface area contributed by atoms with Gasteiger partial charge >= 0.3 is 0 Å². The number of H-pyrrole nitrogens is 1. The first-order valence-corrected chi connectivity index (χ1v) is 14.1. The number of anilines is 3. The van der Waals surface area contributed by atoms with Gasteiger partial charge in [-0.15, -0.1) is 0 Å². The van der Waals surface area contributed by atoms with Crippen LogP contribution in [0.4, 0.5) is 17.5 Å². The van der Waals surface area contributed by atoms with Crippen LogP contribution in [0.5, 0.6) is 5.75 Å². The molecule has 10 nitrogen and oxygen atoms in total. The molecule has 1 aromatic carbocycles. The molecule has 0 unspecified atom stereocenters. The van der Waals surface area contributed by atoms with Crippen molar-refractivity contribution in [3.63, 3.8) is 0 Å². The van der Waals surface area contributed by atoms with E-state index in [1.807, 2.05) is 12.1 Å². The second-order valence-electron chi connectivity index (χ2n) is 9.50. The number of ether oxygens (including phenoxy) is 1. The number of imidazole rings is 1. The highest BCUT2D eigenvalue weighted by Crippen LogP contribution is 2.35. The SMILES string of the molecule is COc1cc(C2CCN(S(C)(=O)=O)CC2)ccc1Nc1nc(NC2CCCCC2)c2[nH]cnc2n1. The van der Waals surface area contributed by atoms with Crippen LogP contribution in [0.25, 0.3) is 11.2 Å². The van der Waals surface area contributed by atoms with E-state index in [2.05, 4.69) is 31.7 Å². The number of aromatic nitrogens is 4. The van der Waals surface area contributed by atoms with Crippen LogP contribution in [0.1, 0.15) is 56.4 Å². The van der Waals surface area contributed by atoms with Gasteiger partial charge in [0, 0.05) is 19.1 Å². The summed E-state index contributed by atoms with van der Waals surface area (Å²) in [5.74, 6) is 2.20. The zero-order valence-corrected chi connectivity index (χ0v) is 21.1. The Morgan fingerprint density at radius 2 is 1.86 bits per heavy atom. The Hall–Kier alpha value is -2.92. The molecule has 1 aliphatic carbocycles. The third-order valence-corrected chi connectivity index (χ3v) is 8.40. The molecule has 1 saturated heterocycles. The highest BCUT2D eigenvalue weighted by atomic mass is 32.2. The van der Waals surface area contributed by atoms with E-state index in [0.717, 1.165) is 48.3 Å². The first-order chi connectivity index (χ1) is 16.9. The van der Waals surface area contributed by atoms with E-state index < -0.39 is 10.0 Å². The molecule has 0 radical (unpaired) electrons. The normalized spacial score (nSPS) is 18.6. The summed E-state index contributed by atoms with van der Waals surface area (Å²) >= 11 is 0. The number of fused-ring (bicyclic) bond motifs is 1. The van der Waals surface area contributed by atoms with Crippen LogP contribution >= 0.6 is 0 Å². The van der Waals surface area contributed by atoms with Crippen LogP contribution in [-0.4, -0.2) is 65.2 Å². The van der Waals surface area contributed by atoms with Crippen molar-refractivity contribution >= 4 is 38.6 Å². The van der Waals surface area contributed by atoms with Crippen LogP contribution in [0.2, 0.25) is 0 Å². The molecule has 1 aliphatic heterocycles. The predicted octanol–water partition coefficient (Wildman–Crippen LogP) is 3.99. The fraction of sp³-hybridized carbons (Fsp3) is 0.542. The van der Waals surface area contributed by atoms with E-state index >= 15 is 0 Å². The van der Waals surface area contributed by atoms with E-state index in [-0.39, 0.29) is 0 Å². The van der Waals surface area contributed by atoms with Gasteiger partial charge in [0.05, 0.1) is 25.4 Å². The average molecular weight is 500 g/mol. The molecule has 2 aliphatic rings. The van der Waals surface area contributed by atoms with Crippen LogP contribution in [0.15, 0.2) is 24.5 Å². The molecule has 3 aromatic rings. The maximum atomic E-state index is 11.8. The van der Waals surface area contributed by atoms with Gasteiger partial charge in [0.15, 0.2) is 11.5 Å². The quantitative estimate of drug-likeness (QED) is 0.446. The first-order valence-electron chi connectivity index (χ1n) is 12.3. The lowest BCUT2D eigenvalue weighted by molar-refractivity contribution is 0.321. The van der Waals surface area contributed by atoms with Crippen LogP contribution in [0, 0.1) is 0 Å². The number of nitrogens with one attached hydrogen (secondary N) is 3. The Balaban J connectivity index is 1.35. The summed E-state index contributed by atoms with van der Waals surface area (Å²) in [6, 6.07) is 6.47. The summed E-state index contributed by atoms with van der Waals surface area (Å²) in [5, 5.41) is 6.90. The molecule has 2 fully saturated rings. The minimum atomic E-state index is -3.14. The van der Waals surface area contributed by atoms with Gasteiger partial charge in [-0.1, -0.05) is 25.3 Å². The molecule has 0 amide bonds. The van der Waals surface area contributed by atoms with Gasteiger partial charge in [-0.05, 0) is 49.3 Å². The van der Waals surface area contributed by atoms with Gasteiger partial charge in [0.2, 0.25) is 16.0 Å². The Labute approximate surface area is 206 Å². The van der Waals surface area contributed by atoms with Crippen LogP contribution in [-0.2, 0) is 10.0 Å². The van der Waals surface area contributed by atoms with E-state index in [0.29, 0.717) is 42.4 Å². The second kappa shape index (κ2) is 9.98. The lowest BCUT2D eigenvalue weighted by Gasteiger charge is -2.30. The second-order valence-corrected chi connectivity index (χ2v) is 11.5. The van der Waals surface area contributed by atoms with Gasteiger partial charge < -0.3 is 20.4 Å². The topological polar surface area (TPSA) is 125 Å². The number of aromatic amines is 1. The van der Waals surface area contributed by atoms with Gasteiger partial charge in [0.1, 0.15) is 11.3 Å². The molecule has 1 saturated carbocycles. The van der Waals surface area contributed by atoms with E-state index in [1.54, 1.807) is 17.7 Å². The number of hydrogen-bond donors (Lipinski definition) is 3. The Morgan fingerprint density at radius 3 is 2.57 bits per heavy atom. The highest BCUT2D eigenvalue weighted by Gasteiger charge is 2.26. The Morgan fingerprint density at radius 1 is 1.09 bits per heavy atom. The van der Waals surface area contributed by atoms with Crippen molar-refractivity contribution in [3.05, 3.63) is 30.1 Å². The molecule has 0 atom stereocenters. The van der Waals surface area contributed by atoms with Crippen molar-refractivity contribution in [2.45, 2.75) is 56.9 Å². The van der Waals surface area contributed by atoms with Crippen molar-refractivity contribution in [1.82, 2.24) is 24.2 Å². The smallest absolute Gasteiger partial charge is 0.231 e. The maximum Gasteiger partial charge on any atom is 0.231 e. The van der Waals surface area contributed by atoms with Crippen molar-refractivity contribution in [2.75, 3.05) is 37.1 Å². The average Bonchev–Trinajstić information content (AvgIpc) is 3.34. The number of benzene rings is 1. The first kappa shape index (κ1) is 23.8. The molecule has 0 bridgehead atoms. The molecule has 5 rings (SSSR count). The molecule has 3 heterocycles. The van der Waals surface area contributed by atoms with E-state index in [9.17, 15) is 8.42 Å². The standard InChI is InChI=1S/C24H33N7O3S/c1-34-20-14-17(16-10-12-31(13-11-16)35(2,32)33)8-9-19(20)28-24-29-22-21(25-15-26-22)23(30-24)27-18-6-4-3-5-7-18/h8-9,14-16,18H,3-7,10-13H2,1-2H3,(H3,25,26,27,28,29,30). The van der Waals surface area contributed by atoms with E-state index in [1.165, 1.54) is 25.5 Å². The minimum Gasteiger partial charge on any atom is -0.495 e. The molecular weight excluding hydrogens is 466 g/mol. The lowest BCUT2D eigenvalue weighted by Crippen LogP contribution is -2.37. The van der Waals surface area contributed by atoms with Gasteiger partial charge in [-0.3, -0.25) is 0 Å². The summed E-state index contributed by atoms with van der Waals surface area (Å²) in [5.41, 5.74) is 3.32. The van der Waals surface area contributed by atoms with Crippen molar-refractivity contribution in [3.8, 4) is 5.75 Å². The number of hydrogen-bond acceptors (Lipinski definition) is 8. The van der Waals surface area contributed by atoms with Gasteiger partial charge in [-0.2, -0.15) is 9.97 Å². The van der Waals surface area contributed by atoms with Gasteiger partial charge in [0.25, 0.3) is 0 Å². The predicted molar refractivity (Wildman–Crippen MR) is 137 cm³/mol. The molecule has 11 heteroatoms. The summed E-state index contributed by atoms with van der Waals surface area (Å²) < 4.78 is 30.9. The van der Waals surface area contributed by atoms with E-state index in [4.69, 9.17) is 9.72 Å². The highest BCUT2D eigenvalue weighted by molar-refractivity contribution is 7.88. The molecule has 3 N–H and O–H groups in total. The number of rotatable bonds is 7. The summed E-state index contributed by atoms with van der Waals surface area (Å²) in [7, 11) is -1.49. The minimum absolute atomic E-state index is 0.291. The lowest BCUT2D eigenvalue weighted by atomic mass is 9.90. The maximum absolute atomic E-state index is 11.8. The number of sulfonamides is 1. The molecule has 2 aromatic heterocycles. The zero-order chi connectivity index (χ0) is 24.4. The van der Waals surface area contributed by atoms with Crippen molar-refractivity contribution in [2.24, 2.45) is 0 Å². The Kier molecular flexibility index (Phi) is 6.79. The molecule has 188 valence electrons. The Bertz CT molecular complexity index is 1280. The third-order valence-electron chi connectivity index (χ3n) is 7.10. The van der Waals surface area contributed by atoms with Gasteiger partial charge in [-0.25, -0.2) is 17.7 Å². The van der Waals surface area contributed by atoms with Crippen LogP contribution < -0.4 is 15.4 Å². The zero-order valence-electron chi connectivity index (χ0n) is 20.2. The summed E-state index contributed by atoms with van der Waals surface area (Å²) in [6.07, 6.45) is 10.5. The fourth-order valence-corrected chi connectivity index (χ4v) is 6.01.